The summed E-state index contributed by atoms with van der Waals surface area (Å²) in [6, 6.07) is 0. The maximum atomic E-state index is 9.31. The fourth-order valence-corrected chi connectivity index (χ4v) is 0. The Morgan fingerprint density at radius 1 is 1.43 bits per heavy atom. The summed E-state index contributed by atoms with van der Waals surface area (Å²) in [6.45, 7) is 0. The number of hydrogen-bond acceptors (Lipinski definition) is 3. The van der Waals surface area contributed by atoms with Crippen molar-refractivity contribution >= 4 is 39.7 Å². The monoisotopic (exact) mass is 135 g/mol. The van der Waals surface area contributed by atoms with Crippen molar-refractivity contribution < 1.29 is 18.1 Å². The first-order valence-electron chi connectivity index (χ1n) is 1.12. The molecule has 2 N–H and O–H groups in total. The molecule has 0 bridgehead atoms. The van der Waals surface area contributed by atoms with Crippen LogP contribution >= 0.6 is 0 Å². The van der Waals surface area contributed by atoms with E-state index in [1.165, 1.54) is 0 Å². The molecule has 0 heterocycles. The van der Waals surface area contributed by atoms with Crippen LogP contribution in [0.3, 0.4) is 0 Å². The SMILES string of the molecule is O=S(=O)(O)CO.[Na]. The molecule has 0 saturated carbocycles. The van der Waals surface area contributed by atoms with Crippen molar-refractivity contribution in [2.45, 2.75) is 0 Å². The second-order valence-electron chi connectivity index (χ2n) is 0.711. The van der Waals surface area contributed by atoms with Crippen molar-refractivity contribution in [3.05, 3.63) is 0 Å². The molecule has 0 aliphatic carbocycles. The van der Waals surface area contributed by atoms with Gasteiger partial charge in [0.2, 0.25) is 0 Å². The van der Waals surface area contributed by atoms with Crippen molar-refractivity contribution in [3.8, 4) is 0 Å². The van der Waals surface area contributed by atoms with Crippen LogP contribution in [0.4, 0.5) is 0 Å². The predicted octanol–water partition coefficient (Wildman–Crippen LogP) is -1.56. The van der Waals surface area contributed by atoms with Crippen LogP contribution in [-0.4, -0.2) is 53.6 Å². The largest absolute Gasteiger partial charge is 0.378 e. The number of rotatable bonds is 1. The zero-order valence-corrected chi connectivity index (χ0v) is 6.64. The molecule has 0 aromatic heterocycles. The van der Waals surface area contributed by atoms with E-state index in [0.717, 1.165) is 0 Å². The quantitative estimate of drug-likeness (QED) is 0.337. The summed E-state index contributed by atoms with van der Waals surface area (Å²) in [5.41, 5.74) is 0. The van der Waals surface area contributed by atoms with Crippen LogP contribution in [0.15, 0.2) is 0 Å². The zero-order valence-electron chi connectivity index (χ0n) is 3.83. The van der Waals surface area contributed by atoms with Crippen LogP contribution in [0.2, 0.25) is 0 Å². The molecule has 0 fully saturated rings. The van der Waals surface area contributed by atoms with E-state index in [1.54, 1.807) is 0 Å². The molecule has 0 saturated heterocycles. The fourth-order valence-electron chi connectivity index (χ4n) is 0. The topological polar surface area (TPSA) is 74.6 Å². The third-order valence-electron chi connectivity index (χ3n) is 0.163. The molecule has 0 aliphatic rings. The standard InChI is InChI=1S/CH4O4S.Na/c2-1-6(3,4)5;/h2H,1H2,(H,3,4,5);. The van der Waals surface area contributed by atoms with Gasteiger partial charge in [-0.25, -0.2) is 0 Å². The minimum absolute atomic E-state index is 0. The van der Waals surface area contributed by atoms with E-state index >= 15 is 0 Å². The van der Waals surface area contributed by atoms with Gasteiger partial charge in [-0.05, 0) is 0 Å². The molecule has 0 amide bonds. The number of aliphatic hydroxyl groups excluding tert-OH is 1. The third kappa shape index (κ3) is 10.9. The Labute approximate surface area is 63.6 Å². The first-order valence-corrected chi connectivity index (χ1v) is 2.73. The van der Waals surface area contributed by atoms with E-state index in [9.17, 15) is 8.42 Å². The Morgan fingerprint density at radius 3 is 1.57 bits per heavy atom. The summed E-state index contributed by atoms with van der Waals surface area (Å²) < 4.78 is 26.2. The molecule has 39 valence electrons. The van der Waals surface area contributed by atoms with Gasteiger partial charge in [0.05, 0.1) is 0 Å². The molecule has 0 atom stereocenters. The number of hydrogen-bond donors (Lipinski definition) is 2. The van der Waals surface area contributed by atoms with Gasteiger partial charge in [-0.2, -0.15) is 8.42 Å². The molecular formula is CH4NaO4S. The second kappa shape index (κ2) is 3.82. The molecule has 0 spiro atoms. The van der Waals surface area contributed by atoms with Gasteiger partial charge in [0, 0.05) is 29.6 Å². The summed E-state index contributed by atoms with van der Waals surface area (Å²) in [5.74, 6) is -1.20. The smallest absolute Gasteiger partial charge is 0.289 e. The van der Waals surface area contributed by atoms with Gasteiger partial charge in [-0.1, -0.05) is 0 Å². The molecule has 6 heteroatoms. The zero-order chi connectivity index (χ0) is 5.21. The average Bonchev–Trinajstić information content (AvgIpc) is 1.35. The van der Waals surface area contributed by atoms with Gasteiger partial charge < -0.3 is 5.11 Å². The second-order valence-corrected chi connectivity index (χ2v) is 2.13. The molecule has 0 rings (SSSR count). The van der Waals surface area contributed by atoms with Crippen LogP contribution in [0.1, 0.15) is 0 Å². The van der Waals surface area contributed by atoms with Crippen molar-refractivity contribution in [1.29, 1.82) is 0 Å². The summed E-state index contributed by atoms with van der Waals surface area (Å²) in [5, 5.41) is 7.56. The molecule has 0 unspecified atom stereocenters. The molecule has 0 aromatic rings. The van der Waals surface area contributed by atoms with Crippen LogP contribution in [-0.2, 0) is 10.1 Å². The Bertz CT molecular complexity index is 114. The first-order chi connectivity index (χ1) is 2.56. The summed E-state index contributed by atoms with van der Waals surface area (Å²) in [7, 11) is -4.11. The van der Waals surface area contributed by atoms with Crippen molar-refractivity contribution in [2.75, 3.05) is 5.94 Å². The number of aliphatic hydroxyl groups is 1. The maximum Gasteiger partial charge on any atom is 0.289 e. The van der Waals surface area contributed by atoms with Gasteiger partial charge in [0.1, 0.15) is 0 Å². The van der Waals surface area contributed by atoms with Crippen molar-refractivity contribution in [1.82, 2.24) is 0 Å². The van der Waals surface area contributed by atoms with Gasteiger partial charge >= 0.3 is 0 Å². The van der Waals surface area contributed by atoms with Gasteiger partial charge in [-0.15, -0.1) is 0 Å². The van der Waals surface area contributed by atoms with E-state index in [4.69, 9.17) is 9.66 Å². The summed E-state index contributed by atoms with van der Waals surface area (Å²) >= 11 is 0. The predicted molar refractivity (Wildman–Crippen MR) is 24.4 cm³/mol. The van der Waals surface area contributed by atoms with E-state index in [-0.39, 0.29) is 29.6 Å². The Morgan fingerprint density at radius 2 is 1.57 bits per heavy atom. The molecule has 7 heavy (non-hydrogen) atoms. The fraction of sp³-hybridized carbons (Fsp3) is 1.00. The van der Waals surface area contributed by atoms with E-state index in [1.807, 2.05) is 0 Å². The normalized spacial score (nSPS) is 10.0. The van der Waals surface area contributed by atoms with Crippen LogP contribution in [0.5, 0.6) is 0 Å². The first kappa shape index (κ1) is 10.8. The molecule has 0 aromatic carbocycles. The average molecular weight is 135 g/mol. The molecular weight excluding hydrogens is 131 g/mol. The molecule has 1 radical (unpaired) electrons. The van der Waals surface area contributed by atoms with Crippen molar-refractivity contribution in [2.24, 2.45) is 0 Å². The van der Waals surface area contributed by atoms with Crippen molar-refractivity contribution in [3.63, 3.8) is 0 Å². The van der Waals surface area contributed by atoms with E-state index in [0.29, 0.717) is 0 Å². The summed E-state index contributed by atoms with van der Waals surface area (Å²) in [6.07, 6.45) is 0. The third-order valence-corrected chi connectivity index (χ3v) is 0.489. The minimum Gasteiger partial charge on any atom is -0.378 e. The minimum atomic E-state index is -4.11. The van der Waals surface area contributed by atoms with Crippen LogP contribution < -0.4 is 0 Å². The maximum absolute atomic E-state index is 9.31. The van der Waals surface area contributed by atoms with Crippen LogP contribution in [0, 0.1) is 0 Å². The van der Waals surface area contributed by atoms with E-state index in [2.05, 4.69) is 0 Å². The molecule has 0 aliphatic heterocycles. The van der Waals surface area contributed by atoms with Crippen LogP contribution in [0.25, 0.3) is 0 Å². The van der Waals surface area contributed by atoms with Gasteiger partial charge in [0.25, 0.3) is 10.1 Å². The Hall–Kier alpha value is 0.870. The van der Waals surface area contributed by atoms with Gasteiger partial charge in [-0.3, -0.25) is 4.55 Å². The Kier molecular flexibility index (Phi) is 5.89. The summed E-state index contributed by atoms with van der Waals surface area (Å²) in [4.78, 5) is 0. The molecule has 4 nitrogen and oxygen atoms in total. The van der Waals surface area contributed by atoms with E-state index < -0.39 is 16.1 Å². The Balaban J connectivity index is 0. The van der Waals surface area contributed by atoms with Gasteiger partial charge in [0.15, 0.2) is 5.94 Å².